The van der Waals surface area contributed by atoms with Gasteiger partial charge in [0.1, 0.15) is 6.04 Å². The highest BCUT2D eigenvalue weighted by atomic mass is 32.2. The second-order valence-corrected chi connectivity index (χ2v) is 12.7. The van der Waals surface area contributed by atoms with Crippen LogP contribution >= 0.6 is 0 Å². The van der Waals surface area contributed by atoms with Gasteiger partial charge in [-0.3, -0.25) is 14.3 Å². The summed E-state index contributed by atoms with van der Waals surface area (Å²) >= 11 is 0. The average molecular weight is 601 g/mol. The zero-order valence-corrected chi connectivity index (χ0v) is 25.3. The van der Waals surface area contributed by atoms with Crippen LogP contribution in [0, 0.1) is 6.92 Å². The van der Waals surface area contributed by atoms with Gasteiger partial charge in [0, 0.05) is 39.9 Å². The van der Waals surface area contributed by atoms with Crippen molar-refractivity contribution in [3.8, 4) is 0 Å². The predicted molar refractivity (Wildman–Crippen MR) is 166 cm³/mol. The van der Waals surface area contributed by atoms with Gasteiger partial charge in [-0.05, 0) is 23.6 Å². The smallest absolute Gasteiger partial charge is 0.303 e. The Balaban J connectivity index is 1.47. The first-order valence-corrected chi connectivity index (χ1v) is 15.6. The van der Waals surface area contributed by atoms with E-state index in [1.54, 1.807) is 0 Å². The molecule has 0 aliphatic carbocycles. The Morgan fingerprint density at radius 3 is 2.02 bits per heavy atom. The topological polar surface area (TPSA) is 108 Å². The lowest BCUT2D eigenvalue weighted by molar-refractivity contribution is -0.140. The molecule has 1 aliphatic rings. The third kappa shape index (κ3) is 6.79. The van der Waals surface area contributed by atoms with Gasteiger partial charge in [-0.25, -0.2) is 4.72 Å². The summed E-state index contributed by atoms with van der Waals surface area (Å²) in [7, 11) is -1.39. The molecule has 11 heteroatoms. The number of hydrogen-bond donors (Lipinski definition) is 1. The molecule has 10 nitrogen and oxygen atoms in total. The molecule has 2 heterocycles. The maximum Gasteiger partial charge on any atom is 0.303 e. The van der Waals surface area contributed by atoms with Crippen LogP contribution in [-0.4, -0.2) is 79.0 Å². The van der Waals surface area contributed by atoms with E-state index in [0.717, 1.165) is 32.4 Å². The van der Waals surface area contributed by atoms with E-state index in [4.69, 9.17) is 0 Å². The van der Waals surface area contributed by atoms with E-state index in [2.05, 4.69) is 9.82 Å². The highest BCUT2D eigenvalue weighted by Crippen LogP contribution is 2.30. The van der Waals surface area contributed by atoms with E-state index < -0.39 is 28.1 Å². The fourth-order valence-electron chi connectivity index (χ4n) is 5.38. The van der Waals surface area contributed by atoms with Crippen molar-refractivity contribution in [2.24, 2.45) is 0 Å². The van der Waals surface area contributed by atoms with Crippen molar-refractivity contribution in [1.82, 2.24) is 23.7 Å². The number of piperazine rings is 1. The van der Waals surface area contributed by atoms with Crippen LogP contribution in [0.3, 0.4) is 0 Å². The predicted octanol–water partition coefficient (Wildman–Crippen LogP) is 3.01. The first kappa shape index (κ1) is 30.0. The molecule has 1 fully saturated rings. The van der Waals surface area contributed by atoms with Crippen LogP contribution in [0.1, 0.15) is 28.3 Å². The molecule has 224 valence electrons. The van der Waals surface area contributed by atoms with Gasteiger partial charge < -0.3 is 9.80 Å². The zero-order valence-electron chi connectivity index (χ0n) is 24.5. The van der Waals surface area contributed by atoms with Gasteiger partial charge >= 0.3 is 10.2 Å². The largest absolute Gasteiger partial charge is 0.364 e. The van der Waals surface area contributed by atoms with Gasteiger partial charge in [-0.15, -0.1) is 0 Å². The lowest BCUT2D eigenvalue weighted by Crippen LogP contribution is -2.62. The lowest BCUT2D eigenvalue weighted by atomic mass is 9.89. The number of hydrogen-bond acceptors (Lipinski definition) is 6. The van der Waals surface area contributed by atoms with Crippen molar-refractivity contribution in [1.29, 1.82) is 0 Å². The lowest BCUT2D eigenvalue weighted by Gasteiger charge is -2.42. The molecule has 43 heavy (non-hydrogen) atoms. The first-order valence-electron chi connectivity index (χ1n) is 14.1. The van der Waals surface area contributed by atoms with Gasteiger partial charge in [0.05, 0.1) is 23.8 Å². The number of rotatable bonds is 9. The SMILES string of the molecule is Cc1nn(Cc2ccccc2)cc1N1CCN(C(=O)C(c2ccccc2)c2ccccc2)[C@H](C(=O)NS(=O)(=O)N(C)C)C1. The fourth-order valence-corrected chi connectivity index (χ4v) is 5.95. The van der Waals surface area contributed by atoms with Crippen molar-refractivity contribution >= 4 is 27.7 Å². The van der Waals surface area contributed by atoms with Crippen molar-refractivity contribution in [2.45, 2.75) is 25.4 Å². The molecule has 4 aromatic rings. The van der Waals surface area contributed by atoms with E-state index in [1.807, 2.05) is 114 Å². The molecule has 1 atom stereocenters. The van der Waals surface area contributed by atoms with Crippen LogP contribution < -0.4 is 9.62 Å². The number of carbonyl (C=O) groups excluding carboxylic acids is 2. The maximum absolute atomic E-state index is 14.4. The molecule has 0 radical (unpaired) electrons. The Morgan fingerprint density at radius 1 is 0.907 bits per heavy atom. The van der Waals surface area contributed by atoms with Gasteiger partial charge in [-0.1, -0.05) is 91.0 Å². The minimum absolute atomic E-state index is 0.106. The van der Waals surface area contributed by atoms with E-state index in [1.165, 1.54) is 19.0 Å². The Kier molecular flexibility index (Phi) is 8.93. The monoisotopic (exact) mass is 600 g/mol. The Hall–Kier alpha value is -4.48. The molecule has 1 N–H and O–H groups in total. The van der Waals surface area contributed by atoms with E-state index in [-0.39, 0.29) is 19.0 Å². The molecule has 3 aromatic carbocycles. The minimum atomic E-state index is -4.08. The number of aryl methyl sites for hydroxylation is 1. The molecule has 0 saturated carbocycles. The summed E-state index contributed by atoms with van der Waals surface area (Å²) in [5.74, 6) is -1.69. The first-order chi connectivity index (χ1) is 20.6. The van der Waals surface area contributed by atoms with Crippen molar-refractivity contribution in [3.05, 3.63) is 120 Å². The third-order valence-corrected chi connectivity index (χ3v) is 9.06. The van der Waals surface area contributed by atoms with E-state index in [0.29, 0.717) is 13.1 Å². The average Bonchev–Trinajstić information content (AvgIpc) is 3.37. The van der Waals surface area contributed by atoms with Crippen LogP contribution in [-0.2, 0) is 26.3 Å². The van der Waals surface area contributed by atoms with Crippen molar-refractivity contribution in [3.63, 3.8) is 0 Å². The summed E-state index contributed by atoms with van der Waals surface area (Å²) in [4.78, 5) is 31.6. The van der Waals surface area contributed by atoms with Crippen LogP contribution in [0.5, 0.6) is 0 Å². The molecule has 0 unspecified atom stereocenters. The molecule has 1 saturated heterocycles. The Labute approximate surface area is 252 Å². The number of aromatic nitrogens is 2. The second kappa shape index (κ2) is 12.8. The maximum atomic E-state index is 14.4. The minimum Gasteiger partial charge on any atom is -0.364 e. The van der Waals surface area contributed by atoms with E-state index in [9.17, 15) is 18.0 Å². The standard InChI is InChI=1S/C32H36N6O4S/c1-24-28(23-37(33-24)21-25-13-7-4-8-14-25)36-19-20-38(29(22-36)31(39)34-43(41,42)35(2)3)32(40)30(26-15-9-5-10-16-26)27-17-11-6-12-18-27/h4-18,23,29-30H,19-22H2,1-3H3,(H,34,39)/t29-/m0/s1. The van der Waals surface area contributed by atoms with Crippen molar-refractivity contribution in [2.75, 3.05) is 38.6 Å². The normalized spacial score (nSPS) is 15.6. The number of anilines is 1. The summed E-state index contributed by atoms with van der Waals surface area (Å²) in [6, 6.07) is 27.8. The van der Waals surface area contributed by atoms with Crippen LogP contribution in [0.2, 0.25) is 0 Å². The highest BCUT2D eigenvalue weighted by molar-refractivity contribution is 7.87. The van der Waals surface area contributed by atoms with Crippen LogP contribution in [0.15, 0.2) is 97.2 Å². The van der Waals surface area contributed by atoms with Gasteiger partial charge in [0.15, 0.2) is 0 Å². The molecular weight excluding hydrogens is 564 g/mol. The summed E-state index contributed by atoms with van der Waals surface area (Å²) < 4.78 is 30.3. The molecule has 1 aromatic heterocycles. The summed E-state index contributed by atoms with van der Waals surface area (Å²) in [6.07, 6.45) is 1.93. The summed E-state index contributed by atoms with van der Waals surface area (Å²) in [5, 5.41) is 4.69. The molecule has 5 rings (SSSR count). The third-order valence-electron chi connectivity index (χ3n) is 7.64. The van der Waals surface area contributed by atoms with Crippen molar-refractivity contribution < 1.29 is 18.0 Å². The van der Waals surface area contributed by atoms with Gasteiger partial charge in [0.2, 0.25) is 5.91 Å². The molecule has 0 spiro atoms. The number of nitrogens with zero attached hydrogens (tertiary/aromatic N) is 5. The van der Waals surface area contributed by atoms with Gasteiger partial charge in [0.25, 0.3) is 5.91 Å². The number of carbonyl (C=O) groups is 2. The quantitative estimate of drug-likeness (QED) is 0.317. The molecule has 2 amide bonds. The van der Waals surface area contributed by atoms with Crippen LogP contribution in [0.25, 0.3) is 0 Å². The fraction of sp³-hybridized carbons (Fsp3) is 0.281. The van der Waals surface area contributed by atoms with Crippen LogP contribution in [0.4, 0.5) is 5.69 Å². The number of amides is 2. The molecular formula is C32H36N6O4S. The summed E-state index contributed by atoms with van der Waals surface area (Å²) in [5.41, 5.74) is 4.30. The molecule has 1 aliphatic heterocycles. The van der Waals surface area contributed by atoms with Gasteiger partial charge in [-0.2, -0.15) is 17.8 Å². The summed E-state index contributed by atoms with van der Waals surface area (Å²) in [6.45, 7) is 3.26. The second-order valence-electron chi connectivity index (χ2n) is 10.8. The zero-order chi connectivity index (χ0) is 30.6. The number of nitrogens with one attached hydrogen (secondary N) is 1. The Morgan fingerprint density at radius 2 is 1.47 bits per heavy atom. The molecule has 0 bridgehead atoms. The van der Waals surface area contributed by atoms with E-state index >= 15 is 0 Å². The number of benzene rings is 3. The highest BCUT2D eigenvalue weighted by Gasteiger charge is 2.41. The Bertz CT molecular complexity index is 1620.